The van der Waals surface area contributed by atoms with Gasteiger partial charge in [-0.3, -0.25) is 14.4 Å². The highest BCUT2D eigenvalue weighted by molar-refractivity contribution is 5.93. The molecule has 47 heavy (non-hydrogen) atoms. The van der Waals surface area contributed by atoms with E-state index < -0.39 is 17.5 Å². The molecule has 0 atom stereocenters. The average Bonchev–Trinajstić information content (AvgIpc) is 3.44. The van der Waals surface area contributed by atoms with Crippen molar-refractivity contribution in [2.75, 3.05) is 37.4 Å². The van der Waals surface area contributed by atoms with E-state index in [0.717, 1.165) is 25.6 Å². The first-order valence-corrected chi connectivity index (χ1v) is 15.7. The van der Waals surface area contributed by atoms with Gasteiger partial charge in [-0.2, -0.15) is 5.10 Å². The number of benzene rings is 2. The minimum atomic E-state index is -1.12. The maximum atomic E-state index is 13.9. The van der Waals surface area contributed by atoms with Crippen LogP contribution in [0.3, 0.4) is 0 Å². The van der Waals surface area contributed by atoms with E-state index in [1.54, 1.807) is 13.3 Å². The molecule has 0 saturated heterocycles. The van der Waals surface area contributed by atoms with E-state index in [9.17, 15) is 13.6 Å². The van der Waals surface area contributed by atoms with Crippen LogP contribution in [0.15, 0.2) is 49.1 Å². The number of halogens is 2. The summed E-state index contributed by atoms with van der Waals surface area (Å²) in [6, 6.07) is 7.22. The molecule has 1 radical (unpaired) electrons. The maximum Gasteiger partial charge on any atom is 0.246 e. The Kier molecular flexibility index (Phi) is 10.7. The zero-order valence-electron chi connectivity index (χ0n) is 28.6. The Morgan fingerprint density at radius 2 is 1.79 bits per heavy atom. The first-order valence-electron chi connectivity index (χ1n) is 15.7. The van der Waals surface area contributed by atoms with Crippen molar-refractivity contribution >= 4 is 34.0 Å². The number of hydrogen-bond donors (Lipinski definition) is 2. The molecule has 10 nitrogen and oxygen atoms in total. The van der Waals surface area contributed by atoms with E-state index in [1.807, 2.05) is 12.1 Å². The van der Waals surface area contributed by atoms with Gasteiger partial charge in [0, 0.05) is 29.7 Å². The van der Waals surface area contributed by atoms with Crippen molar-refractivity contribution in [3.63, 3.8) is 0 Å². The van der Waals surface area contributed by atoms with Gasteiger partial charge in [-0.25, -0.2) is 18.7 Å². The molecule has 0 unspecified atom stereocenters. The van der Waals surface area contributed by atoms with Gasteiger partial charge in [-0.05, 0) is 48.9 Å². The SMILES string of the molecule is [CH2]C(N(CC)CCCOc1cc2ncnc(Nc3cnn(CC(=O)Nc4cccc(F)c4F)c3)c2cc1OC)(C(C)(C)C)C(C)(C)C. The molecule has 4 rings (SSSR count). The Hall–Kier alpha value is -4.32. The third-order valence-corrected chi connectivity index (χ3v) is 8.58. The highest BCUT2D eigenvalue weighted by Gasteiger charge is 2.50. The van der Waals surface area contributed by atoms with Gasteiger partial charge in [-0.1, -0.05) is 54.5 Å². The second-order valence-electron chi connectivity index (χ2n) is 13.6. The number of nitrogens with zero attached hydrogens (tertiary/aromatic N) is 5. The maximum absolute atomic E-state index is 13.9. The quantitative estimate of drug-likeness (QED) is 0.146. The molecule has 2 aromatic heterocycles. The predicted molar refractivity (Wildman–Crippen MR) is 181 cm³/mol. The second-order valence-corrected chi connectivity index (χ2v) is 13.6. The highest BCUT2D eigenvalue weighted by Crippen LogP contribution is 2.47. The lowest BCUT2D eigenvalue weighted by molar-refractivity contribution is -0.116. The summed E-state index contributed by atoms with van der Waals surface area (Å²) in [6.45, 7) is 22.4. The molecule has 2 heterocycles. The number of rotatable bonds is 13. The van der Waals surface area contributed by atoms with Gasteiger partial charge in [0.2, 0.25) is 5.91 Å². The van der Waals surface area contributed by atoms with Crippen LogP contribution in [0, 0.1) is 29.4 Å². The van der Waals surface area contributed by atoms with Crippen molar-refractivity contribution < 1.29 is 23.0 Å². The van der Waals surface area contributed by atoms with Gasteiger partial charge in [0.25, 0.3) is 0 Å². The number of hydrogen-bond acceptors (Lipinski definition) is 8. The molecular weight excluding hydrogens is 604 g/mol. The van der Waals surface area contributed by atoms with E-state index >= 15 is 0 Å². The molecule has 0 aliphatic rings. The molecule has 0 aliphatic carbocycles. The van der Waals surface area contributed by atoms with Gasteiger partial charge < -0.3 is 20.1 Å². The molecule has 253 valence electrons. The van der Waals surface area contributed by atoms with Gasteiger partial charge in [0.15, 0.2) is 23.1 Å². The number of fused-ring (bicyclic) bond motifs is 1. The molecular formula is C35H46F2N7O3. The molecule has 0 bridgehead atoms. The zero-order valence-corrected chi connectivity index (χ0v) is 28.6. The van der Waals surface area contributed by atoms with Crippen molar-refractivity contribution in [1.29, 1.82) is 0 Å². The standard InChI is InChI=1S/C35H46F2N7O3/c1-10-43(35(8,33(2,3)4)34(5,6)7)15-12-16-47-29-18-27-24(17-28(29)46-9)32(39-22-38-27)41-23-19-40-44(20-23)21-30(45)42-26-14-11-13-25(36)31(26)37/h11,13-14,17-20,22H,8,10,12,15-16,21H2,1-7,9H3,(H,42,45)(H,38,39,41). The molecule has 0 saturated carbocycles. The van der Waals surface area contributed by atoms with Gasteiger partial charge in [0.05, 0.1) is 36.8 Å². The third-order valence-electron chi connectivity index (χ3n) is 8.58. The molecule has 4 aromatic rings. The molecule has 2 N–H and O–H groups in total. The Balaban J connectivity index is 1.43. The van der Waals surface area contributed by atoms with Crippen LogP contribution in [0.4, 0.5) is 26.0 Å². The molecule has 12 heteroatoms. The second kappa shape index (κ2) is 14.2. The topological polar surface area (TPSA) is 106 Å². The number of methoxy groups -OCH3 is 1. The summed E-state index contributed by atoms with van der Waals surface area (Å²) in [5.74, 6) is -1.11. The highest BCUT2D eigenvalue weighted by atomic mass is 19.2. The van der Waals surface area contributed by atoms with Gasteiger partial charge >= 0.3 is 0 Å². The van der Waals surface area contributed by atoms with Crippen molar-refractivity contribution in [3.8, 4) is 11.5 Å². The summed E-state index contributed by atoms with van der Waals surface area (Å²) in [7, 11) is 1.58. The molecule has 0 spiro atoms. The number of anilines is 3. The monoisotopic (exact) mass is 650 g/mol. The van der Waals surface area contributed by atoms with E-state index in [1.165, 1.54) is 29.3 Å². The van der Waals surface area contributed by atoms with Crippen molar-refractivity contribution in [2.24, 2.45) is 10.8 Å². The van der Waals surface area contributed by atoms with E-state index in [2.05, 4.69) is 79.1 Å². The lowest BCUT2D eigenvalue weighted by atomic mass is 9.60. The number of aromatic nitrogens is 4. The summed E-state index contributed by atoms with van der Waals surface area (Å²) in [4.78, 5) is 23.7. The number of nitrogens with one attached hydrogen (secondary N) is 2. The number of amides is 1. The minimum absolute atomic E-state index is 0.0344. The van der Waals surface area contributed by atoms with Crippen LogP contribution in [0.1, 0.15) is 54.9 Å². The molecule has 0 aliphatic heterocycles. The summed E-state index contributed by atoms with van der Waals surface area (Å²) in [5, 5.41) is 10.4. The number of ether oxygens (including phenoxy) is 2. The fourth-order valence-corrected chi connectivity index (χ4v) is 6.15. The Bertz CT molecular complexity index is 1680. The Morgan fingerprint density at radius 1 is 1.06 bits per heavy atom. The summed E-state index contributed by atoms with van der Waals surface area (Å²) >= 11 is 0. The van der Waals surface area contributed by atoms with Crippen LogP contribution >= 0.6 is 0 Å². The van der Waals surface area contributed by atoms with E-state index in [-0.39, 0.29) is 28.6 Å². The van der Waals surface area contributed by atoms with Crippen molar-refractivity contribution in [1.82, 2.24) is 24.6 Å². The lowest BCUT2D eigenvalue weighted by Crippen LogP contribution is -2.63. The van der Waals surface area contributed by atoms with E-state index in [0.29, 0.717) is 40.5 Å². The lowest BCUT2D eigenvalue weighted by Gasteiger charge is -2.57. The van der Waals surface area contributed by atoms with Crippen molar-refractivity contribution in [3.05, 3.63) is 67.6 Å². The van der Waals surface area contributed by atoms with Crippen LogP contribution in [-0.4, -0.2) is 62.9 Å². The fraction of sp³-hybridized carbons (Fsp3) is 0.457. The molecule has 0 fully saturated rings. The summed E-state index contributed by atoms with van der Waals surface area (Å²) in [5.41, 5.74) is 0.618. The third kappa shape index (κ3) is 7.81. The minimum Gasteiger partial charge on any atom is -0.493 e. The Labute approximate surface area is 275 Å². The van der Waals surface area contributed by atoms with Gasteiger partial charge in [0.1, 0.15) is 18.7 Å². The largest absolute Gasteiger partial charge is 0.493 e. The van der Waals surface area contributed by atoms with Crippen LogP contribution in [0.2, 0.25) is 0 Å². The summed E-state index contributed by atoms with van der Waals surface area (Å²) < 4.78 is 40.7. The smallest absolute Gasteiger partial charge is 0.246 e. The molecule has 2 aromatic carbocycles. The molecule has 1 amide bonds. The predicted octanol–water partition coefficient (Wildman–Crippen LogP) is 7.25. The van der Waals surface area contributed by atoms with Crippen LogP contribution in [0.5, 0.6) is 11.5 Å². The van der Waals surface area contributed by atoms with Crippen LogP contribution < -0.4 is 20.1 Å². The normalized spacial score (nSPS) is 12.4. The summed E-state index contributed by atoms with van der Waals surface area (Å²) in [6.07, 6.45) is 5.37. The van der Waals surface area contributed by atoms with Crippen molar-refractivity contribution in [2.45, 2.75) is 67.0 Å². The fourth-order valence-electron chi connectivity index (χ4n) is 6.15. The number of carbonyl (C=O) groups excluding carboxylic acids is 1. The van der Waals surface area contributed by atoms with Crippen LogP contribution in [0.25, 0.3) is 10.9 Å². The first-order chi connectivity index (χ1) is 22.1. The first kappa shape index (κ1) is 35.5. The Morgan fingerprint density at radius 3 is 2.45 bits per heavy atom. The van der Waals surface area contributed by atoms with E-state index in [4.69, 9.17) is 16.4 Å². The average molecular weight is 651 g/mol. The number of carbonyl (C=O) groups is 1. The van der Waals surface area contributed by atoms with Gasteiger partial charge in [-0.15, -0.1) is 0 Å². The van der Waals surface area contributed by atoms with Crippen LogP contribution in [-0.2, 0) is 11.3 Å². The zero-order chi connectivity index (χ0) is 34.6.